The number of amides is 1. The van der Waals surface area contributed by atoms with Crippen LogP contribution < -0.4 is 4.90 Å². The zero-order valence-corrected chi connectivity index (χ0v) is 19.1. The maximum atomic E-state index is 13.2. The average molecular weight is 459 g/mol. The third kappa shape index (κ3) is 4.80. The van der Waals surface area contributed by atoms with Crippen molar-refractivity contribution in [1.29, 1.82) is 0 Å². The minimum absolute atomic E-state index is 0.0106. The number of nitrogens with zero attached hydrogens (tertiary/aromatic N) is 4. The molecular weight excluding hydrogens is 441 g/mol. The van der Waals surface area contributed by atoms with E-state index in [2.05, 4.69) is 16.3 Å². The van der Waals surface area contributed by atoms with Crippen LogP contribution in [0.2, 0.25) is 0 Å². The molecule has 0 aliphatic carbocycles. The Morgan fingerprint density at radius 3 is 2.55 bits per heavy atom. The van der Waals surface area contributed by atoms with E-state index in [-0.39, 0.29) is 5.91 Å². The molecule has 0 saturated heterocycles. The Labute approximate surface area is 185 Å². The van der Waals surface area contributed by atoms with E-state index in [0.29, 0.717) is 12.3 Å². The highest BCUT2D eigenvalue weighted by Gasteiger charge is 2.21. The molecule has 2 aromatic heterocycles. The molecule has 29 heavy (non-hydrogen) atoms. The summed E-state index contributed by atoms with van der Waals surface area (Å²) in [7, 11) is 0. The van der Waals surface area contributed by atoms with E-state index < -0.39 is 0 Å². The van der Waals surface area contributed by atoms with Crippen LogP contribution in [-0.2, 0) is 11.3 Å². The molecule has 0 bridgehead atoms. The highest BCUT2D eigenvalue weighted by molar-refractivity contribution is 8.03. The molecule has 4 rings (SSSR count). The first kappa shape index (κ1) is 20.3. The number of thioether (sulfide) groups is 2. The van der Waals surface area contributed by atoms with Gasteiger partial charge in [-0.2, -0.15) is 0 Å². The van der Waals surface area contributed by atoms with Gasteiger partial charge in [-0.1, -0.05) is 88.7 Å². The molecule has 0 N–H and O–H groups in total. The van der Waals surface area contributed by atoms with Crippen molar-refractivity contribution in [2.45, 2.75) is 22.1 Å². The maximum Gasteiger partial charge on any atom is 0.239 e. The molecule has 0 spiro atoms. The van der Waals surface area contributed by atoms with E-state index in [1.807, 2.05) is 55.6 Å². The monoisotopic (exact) mass is 458 g/mol. The van der Waals surface area contributed by atoms with Gasteiger partial charge in [-0.05, 0) is 30.4 Å². The second-order valence-electron chi connectivity index (χ2n) is 6.21. The predicted octanol–water partition coefficient (Wildman–Crippen LogP) is 5.50. The molecule has 0 fully saturated rings. The van der Waals surface area contributed by atoms with Gasteiger partial charge >= 0.3 is 0 Å². The number of benzene rings is 2. The Balaban J connectivity index is 1.60. The van der Waals surface area contributed by atoms with Gasteiger partial charge in [0.15, 0.2) is 13.8 Å². The molecule has 0 aliphatic heterocycles. The molecule has 5 nitrogen and oxygen atoms in total. The van der Waals surface area contributed by atoms with Crippen LogP contribution in [0.3, 0.4) is 0 Å². The lowest BCUT2D eigenvalue weighted by molar-refractivity contribution is -0.116. The summed E-state index contributed by atoms with van der Waals surface area (Å²) >= 11 is 6.05. The number of anilines is 1. The lowest BCUT2D eigenvalue weighted by atomic mass is 10.2. The summed E-state index contributed by atoms with van der Waals surface area (Å²) in [5.74, 6) is 0.307. The highest BCUT2D eigenvalue weighted by Crippen LogP contribution is 2.33. The molecule has 0 radical (unpaired) electrons. The van der Waals surface area contributed by atoms with E-state index >= 15 is 0 Å². The molecule has 4 aromatic rings. The third-order valence-electron chi connectivity index (χ3n) is 4.21. The van der Waals surface area contributed by atoms with Crippen LogP contribution >= 0.6 is 46.2 Å². The maximum absolute atomic E-state index is 13.2. The molecule has 1 amide bonds. The minimum Gasteiger partial charge on any atom is -0.283 e. The van der Waals surface area contributed by atoms with E-state index in [9.17, 15) is 4.79 Å². The van der Waals surface area contributed by atoms with Gasteiger partial charge in [0, 0.05) is 0 Å². The largest absolute Gasteiger partial charge is 0.283 e. The fourth-order valence-electron chi connectivity index (χ4n) is 2.76. The van der Waals surface area contributed by atoms with Crippen LogP contribution in [0.15, 0.2) is 57.2 Å². The van der Waals surface area contributed by atoms with Crippen LogP contribution in [0.1, 0.15) is 11.1 Å². The number of hydrogen-bond donors (Lipinski definition) is 0. The van der Waals surface area contributed by atoms with Gasteiger partial charge in [-0.15, -0.1) is 10.2 Å². The fraction of sp³-hybridized carbons (Fsp3) is 0.200. The molecule has 0 saturated carbocycles. The van der Waals surface area contributed by atoms with Gasteiger partial charge in [0.05, 0.1) is 22.5 Å². The van der Waals surface area contributed by atoms with Crippen LogP contribution in [0.4, 0.5) is 5.13 Å². The first-order valence-electron chi connectivity index (χ1n) is 8.85. The van der Waals surface area contributed by atoms with Crippen molar-refractivity contribution < 1.29 is 4.79 Å². The Morgan fingerprint density at radius 1 is 1.03 bits per heavy atom. The van der Waals surface area contributed by atoms with Crippen molar-refractivity contribution in [3.05, 3.63) is 59.7 Å². The van der Waals surface area contributed by atoms with Gasteiger partial charge in [0.2, 0.25) is 5.91 Å². The SMILES string of the molecule is CSc1nnc(SCC(=O)N(Cc2ccccc2)c2nc3c(C)cccc3s2)s1. The van der Waals surface area contributed by atoms with Crippen LogP contribution in [0.25, 0.3) is 10.2 Å². The third-order valence-corrected chi connectivity index (χ3v) is 8.27. The molecule has 0 aliphatic rings. The number of hydrogen-bond acceptors (Lipinski definition) is 8. The number of carbonyl (C=O) groups excluding carboxylic acids is 1. The smallest absolute Gasteiger partial charge is 0.239 e. The van der Waals surface area contributed by atoms with Gasteiger partial charge in [0.1, 0.15) is 0 Å². The molecular formula is C20H18N4OS4. The second-order valence-corrected chi connectivity index (χ2v) is 10.5. The van der Waals surface area contributed by atoms with E-state index in [1.165, 1.54) is 23.1 Å². The summed E-state index contributed by atoms with van der Waals surface area (Å²) in [4.78, 5) is 19.8. The number of rotatable bonds is 7. The van der Waals surface area contributed by atoms with Gasteiger partial charge in [-0.3, -0.25) is 9.69 Å². The number of thiazole rings is 1. The Morgan fingerprint density at radius 2 is 1.83 bits per heavy atom. The van der Waals surface area contributed by atoms with Crippen molar-refractivity contribution >= 4 is 67.5 Å². The van der Waals surface area contributed by atoms with Crippen LogP contribution in [0, 0.1) is 6.92 Å². The highest BCUT2D eigenvalue weighted by atomic mass is 32.2. The first-order chi connectivity index (χ1) is 14.1. The van der Waals surface area contributed by atoms with Gasteiger partial charge in [-0.25, -0.2) is 4.98 Å². The number of para-hydroxylation sites is 1. The molecule has 2 aromatic carbocycles. The number of carbonyl (C=O) groups is 1. The average Bonchev–Trinajstić information content (AvgIpc) is 3.38. The molecule has 148 valence electrons. The molecule has 0 atom stereocenters. The van der Waals surface area contributed by atoms with Gasteiger partial charge < -0.3 is 0 Å². The molecule has 9 heteroatoms. The lowest BCUT2D eigenvalue weighted by Gasteiger charge is -2.19. The normalized spacial score (nSPS) is 11.1. The van der Waals surface area contributed by atoms with Crippen LogP contribution in [-0.4, -0.2) is 33.1 Å². The quantitative estimate of drug-likeness (QED) is 0.341. The van der Waals surface area contributed by atoms with Gasteiger partial charge in [0.25, 0.3) is 0 Å². The fourth-order valence-corrected chi connectivity index (χ4v) is 6.13. The minimum atomic E-state index is 0.0106. The summed E-state index contributed by atoms with van der Waals surface area (Å²) in [5.41, 5.74) is 3.15. The predicted molar refractivity (Wildman–Crippen MR) is 124 cm³/mol. The van der Waals surface area contributed by atoms with Crippen molar-refractivity contribution in [2.75, 3.05) is 16.9 Å². The van der Waals surface area contributed by atoms with E-state index in [1.54, 1.807) is 28.0 Å². The lowest BCUT2D eigenvalue weighted by Crippen LogP contribution is -2.31. The molecule has 2 heterocycles. The summed E-state index contributed by atoms with van der Waals surface area (Å²) in [5, 5.41) is 8.97. The number of aryl methyl sites for hydroxylation is 1. The Kier molecular flexibility index (Phi) is 6.49. The Bertz CT molecular complexity index is 1130. The summed E-state index contributed by atoms with van der Waals surface area (Å²) in [6, 6.07) is 16.1. The van der Waals surface area contributed by atoms with E-state index in [0.717, 1.165) is 35.2 Å². The standard InChI is InChI=1S/C20H18N4OS4/c1-13-7-6-10-15-17(13)21-18(28-15)24(11-14-8-4-3-5-9-14)16(25)12-27-20-23-22-19(26-2)29-20/h3-10H,11-12H2,1-2H3. The summed E-state index contributed by atoms with van der Waals surface area (Å²) in [6.07, 6.45) is 1.97. The number of aromatic nitrogens is 3. The zero-order chi connectivity index (χ0) is 20.2. The summed E-state index contributed by atoms with van der Waals surface area (Å²) in [6.45, 7) is 2.54. The van der Waals surface area contributed by atoms with Crippen LogP contribution in [0.5, 0.6) is 0 Å². The first-order valence-corrected chi connectivity index (χ1v) is 12.7. The van der Waals surface area contributed by atoms with Crippen molar-refractivity contribution in [3.63, 3.8) is 0 Å². The Hall–Kier alpha value is -1.94. The number of fused-ring (bicyclic) bond motifs is 1. The van der Waals surface area contributed by atoms with Crippen molar-refractivity contribution in [3.8, 4) is 0 Å². The topological polar surface area (TPSA) is 59.0 Å². The zero-order valence-electron chi connectivity index (χ0n) is 15.9. The van der Waals surface area contributed by atoms with Crippen molar-refractivity contribution in [2.24, 2.45) is 0 Å². The van der Waals surface area contributed by atoms with E-state index in [4.69, 9.17) is 4.98 Å². The van der Waals surface area contributed by atoms with Crippen molar-refractivity contribution in [1.82, 2.24) is 15.2 Å². The molecule has 0 unspecified atom stereocenters. The summed E-state index contributed by atoms with van der Waals surface area (Å²) < 4.78 is 2.80. The second kappa shape index (κ2) is 9.25.